The van der Waals surface area contributed by atoms with Crippen molar-refractivity contribution >= 4 is 33.2 Å². The second-order valence-electron chi connectivity index (χ2n) is 6.03. The fraction of sp³-hybridized carbons (Fsp3) is 0.316. The third kappa shape index (κ3) is 6.03. The molecular formula is C19H23ClN2O5S. The van der Waals surface area contributed by atoms with Gasteiger partial charge in [-0.3, -0.25) is 9.10 Å². The molecule has 0 radical (unpaired) electrons. The molecule has 0 aliphatic carbocycles. The minimum atomic E-state index is -3.67. The lowest BCUT2D eigenvalue weighted by molar-refractivity contribution is -0.121. The van der Waals surface area contributed by atoms with Gasteiger partial charge in [-0.25, -0.2) is 8.42 Å². The van der Waals surface area contributed by atoms with Gasteiger partial charge in [0.05, 0.1) is 25.6 Å². The zero-order valence-electron chi connectivity index (χ0n) is 15.9. The van der Waals surface area contributed by atoms with Crippen LogP contribution in [-0.2, 0) is 14.8 Å². The first-order valence-electron chi connectivity index (χ1n) is 8.52. The van der Waals surface area contributed by atoms with E-state index in [2.05, 4.69) is 5.32 Å². The number of hydrogen-bond donors (Lipinski definition) is 1. The number of amides is 1. The van der Waals surface area contributed by atoms with E-state index < -0.39 is 22.0 Å². The van der Waals surface area contributed by atoms with Crippen molar-refractivity contribution in [2.24, 2.45) is 0 Å². The number of methoxy groups -OCH3 is 1. The van der Waals surface area contributed by atoms with Crippen LogP contribution in [0, 0.1) is 0 Å². The Balaban J connectivity index is 1.94. The van der Waals surface area contributed by atoms with E-state index in [0.29, 0.717) is 16.5 Å². The molecule has 152 valence electrons. The van der Waals surface area contributed by atoms with E-state index in [1.165, 1.54) is 6.92 Å². The fourth-order valence-corrected chi connectivity index (χ4v) is 3.86. The molecule has 0 aliphatic heterocycles. The molecule has 7 nitrogen and oxygen atoms in total. The maximum Gasteiger partial charge on any atom is 0.243 e. The lowest BCUT2D eigenvalue weighted by Crippen LogP contribution is -2.48. The van der Waals surface area contributed by atoms with Gasteiger partial charge in [0, 0.05) is 5.02 Å². The van der Waals surface area contributed by atoms with Crippen LogP contribution in [0.2, 0.25) is 5.02 Å². The van der Waals surface area contributed by atoms with Crippen LogP contribution in [0.25, 0.3) is 0 Å². The molecule has 2 aromatic rings. The summed E-state index contributed by atoms with van der Waals surface area (Å²) in [6, 6.07) is 12.4. The first kappa shape index (κ1) is 21.8. The van der Waals surface area contributed by atoms with Crippen LogP contribution in [0.5, 0.6) is 11.5 Å². The Morgan fingerprint density at radius 1 is 1.11 bits per heavy atom. The van der Waals surface area contributed by atoms with Gasteiger partial charge in [0.1, 0.15) is 24.1 Å². The standard InChI is InChI=1S/C19H23ClN2O5S/c1-14(22(28(3,24)25)16-6-4-15(20)5-7-16)19(23)21-12-13-27-18-10-8-17(26-2)9-11-18/h4-11,14H,12-13H2,1-3H3,(H,21,23)/t14-/m1/s1. The fourth-order valence-electron chi connectivity index (χ4n) is 2.56. The van der Waals surface area contributed by atoms with Gasteiger partial charge in [0.15, 0.2) is 0 Å². The minimum absolute atomic E-state index is 0.230. The number of hydrogen-bond acceptors (Lipinski definition) is 5. The molecular weight excluding hydrogens is 404 g/mol. The molecule has 9 heteroatoms. The first-order chi connectivity index (χ1) is 13.2. The number of halogens is 1. The quantitative estimate of drug-likeness (QED) is 0.623. The highest BCUT2D eigenvalue weighted by molar-refractivity contribution is 7.92. The van der Waals surface area contributed by atoms with E-state index in [9.17, 15) is 13.2 Å². The minimum Gasteiger partial charge on any atom is -0.497 e. The predicted octanol–water partition coefficient (Wildman–Crippen LogP) is 2.70. The molecule has 1 atom stereocenters. The largest absolute Gasteiger partial charge is 0.497 e. The normalized spacial score (nSPS) is 12.1. The van der Waals surface area contributed by atoms with Crippen molar-refractivity contribution in [2.45, 2.75) is 13.0 Å². The Morgan fingerprint density at radius 2 is 1.68 bits per heavy atom. The summed E-state index contributed by atoms with van der Waals surface area (Å²) in [7, 11) is -2.09. The number of nitrogens with one attached hydrogen (secondary N) is 1. The number of rotatable bonds is 9. The molecule has 0 heterocycles. The van der Waals surface area contributed by atoms with Crippen LogP contribution in [-0.4, -0.2) is 46.9 Å². The van der Waals surface area contributed by atoms with Crippen LogP contribution in [0.4, 0.5) is 5.69 Å². The molecule has 0 fully saturated rings. The topological polar surface area (TPSA) is 84.9 Å². The molecule has 2 rings (SSSR count). The first-order valence-corrected chi connectivity index (χ1v) is 10.7. The van der Waals surface area contributed by atoms with E-state index in [4.69, 9.17) is 21.1 Å². The number of anilines is 1. The Hall–Kier alpha value is -2.45. The van der Waals surface area contributed by atoms with E-state index in [-0.39, 0.29) is 13.2 Å². The summed E-state index contributed by atoms with van der Waals surface area (Å²) in [5.74, 6) is 0.929. The highest BCUT2D eigenvalue weighted by atomic mass is 35.5. The molecule has 0 bridgehead atoms. The lowest BCUT2D eigenvalue weighted by Gasteiger charge is -2.28. The monoisotopic (exact) mass is 426 g/mol. The third-order valence-corrected chi connectivity index (χ3v) is 5.39. The highest BCUT2D eigenvalue weighted by Crippen LogP contribution is 2.23. The number of nitrogens with zero attached hydrogens (tertiary/aromatic N) is 1. The van der Waals surface area contributed by atoms with Gasteiger partial charge in [-0.15, -0.1) is 0 Å². The molecule has 1 N–H and O–H groups in total. The average Bonchev–Trinajstić information content (AvgIpc) is 2.66. The number of benzene rings is 2. The van der Waals surface area contributed by atoms with Crippen molar-refractivity contribution in [3.05, 3.63) is 53.6 Å². The van der Waals surface area contributed by atoms with Gasteiger partial charge < -0.3 is 14.8 Å². The number of carbonyl (C=O) groups excluding carboxylic acids is 1. The van der Waals surface area contributed by atoms with Crippen molar-refractivity contribution < 1.29 is 22.7 Å². The van der Waals surface area contributed by atoms with Gasteiger partial charge in [0.25, 0.3) is 0 Å². The van der Waals surface area contributed by atoms with Crippen LogP contribution in [0.15, 0.2) is 48.5 Å². The zero-order valence-corrected chi connectivity index (χ0v) is 17.5. The number of ether oxygens (including phenoxy) is 2. The number of sulfonamides is 1. The zero-order chi connectivity index (χ0) is 20.7. The Morgan fingerprint density at radius 3 is 2.21 bits per heavy atom. The lowest BCUT2D eigenvalue weighted by atomic mass is 10.2. The molecule has 1 amide bonds. The van der Waals surface area contributed by atoms with Gasteiger partial charge >= 0.3 is 0 Å². The van der Waals surface area contributed by atoms with Gasteiger partial charge in [-0.05, 0) is 55.5 Å². The smallest absolute Gasteiger partial charge is 0.243 e. The van der Waals surface area contributed by atoms with Crippen molar-refractivity contribution in [2.75, 3.05) is 30.8 Å². The molecule has 0 aromatic heterocycles. The summed E-state index contributed by atoms with van der Waals surface area (Å²) in [4.78, 5) is 12.5. The maximum atomic E-state index is 12.5. The Bertz CT molecular complexity index is 886. The van der Waals surface area contributed by atoms with Crippen LogP contribution >= 0.6 is 11.6 Å². The number of carbonyl (C=O) groups is 1. The Labute approximate surface area is 170 Å². The predicted molar refractivity (Wildman–Crippen MR) is 110 cm³/mol. The van der Waals surface area contributed by atoms with Crippen molar-refractivity contribution in [1.82, 2.24) is 5.32 Å². The SMILES string of the molecule is COc1ccc(OCCNC(=O)[C@@H](C)N(c2ccc(Cl)cc2)S(C)(=O)=O)cc1. The van der Waals surface area contributed by atoms with Gasteiger partial charge in [0.2, 0.25) is 15.9 Å². The van der Waals surface area contributed by atoms with Crippen molar-refractivity contribution in [3.63, 3.8) is 0 Å². The van der Waals surface area contributed by atoms with Gasteiger partial charge in [-0.2, -0.15) is 0 Å². The van der Waals surface area contributed by atoms with Crippen molar-refractivity contribution in [1.29, 1.82) is 0 Å². The summed E-state index contributed by atoms with van der Waals surface area (Å²) in [6.45, 7) is 1.99. The molecule has 0 saturated carbocycles. The summed E-state index contributed by atoms with van der Waals surface area (Å²) in [5.41, 5.74) is 0.365. The average molecular weight is 427 g/mol. The highest BCUT2D eigenvalue weighted by Gasteiger charge is 2.28. The van der Waals surface area contributed by atoms with E-state index in [1.54, 1.807) is 55.6 Å². The molecule has 0 spiro atoms. The third-order valence-electron chi connectivity index (χ3n) is 3.90. The molecule has 0 unspecified atom stereocenters. The molecule has 2 aromatic carbocycles. The van der Waals surface area contributed by atoms with E-state index in [1.807, 2.05) is 0 Å². The summed E-state index contributed by atoms with van der Waals surface area (Å²) >= 11 is 5.86. The van der Waals surface area contributed by atoms with Crippen LogP contribution < -0.4 is 19.1 Å². The van der Waals surface area contributed by atoms with Crippen LogP contribution in [0.3, 0.4) is 0 Å². The Kier molecular flexibility index (Phi) is 7.53. The van der Waals surface area contributed by atoms with E-state index >= 15 is 0 Å². The summed E-state index contributed by atoms with van der Waals surface area (Å²) in [6.07, 6.45) is 1.05. The molecule has 0 aliphatic rings. The molecule has 0 saturated heterocycles. The molecule has 28 heavy (non-hydrogen) atoms. The van der Waals surface area contributed by atoms with Crippen molar-refractivity contribution in [3.8, 4) is 11.5 Å². The second kappa shape index (κ2) is 9.66. The van der Waals surface area contributed by atoms with E-state index in [0.717, 1.165) is 16.3 Å². The van der Waals surface area contributed by atoms with Crippen LogP contribution in [0.1, 0.15) is 6.92 Å². The van der Waals surface area contributed by atoms with Gasteiger partial charge in [-0.1, -0.05) is 11.6 Å². The summed E-state index contributed by atoms with van der Waals surface area (Å²) < 4.78 is 36.1. The second-order valence-corrected chi connectivity index (χ2v) is 8.32. The maximum absolute atomic E-state index is 12.5. The summed E-state index contributed by atoms with van der Waals surface area (Å²) in [5, 5.41) is 3.16.